The zero-order valence-corrected chi connectivity index (χ0v) is 18.2. The Hall–Kier alpha value is -2.55. The molecule has 0 N–H and O–H groups in total. The van der Waals surface area contributed by atoms with Crippen molar-refractivity contribution < 1.29 is 22.8 Å². The Morgan fingerprint density at radius 3 is 2.20 bits per heavy atom. The van der Waals surface area contributed by atoms with Gasteiger partial charge in [0.15, 0.2) is 0 Å². The van der Waals surface area contributed by atoms with Crippen molar-refractivity contribution in [2.24, 2.45) is 5.16 Å². The van der Waals surface area contributed by atoms with Gasteiger partial charge in [0.2, 0.25) is 10.0 Å². The zero-order chi connectivity index (χ0) is 21.8. The second kappa shape index (κ2) is 9.07. The molecule has 7 nitrogen and oxygen atoms in total. The quantitative estimate of drug-likeness (QED) is 0.413. The van der Waals surface area contributed by atoms with Crippen molar-refractivity contribution in [2.75, 3.05) is 26.3 Å². The lowest BCUT2D eigenvalue weighted by atomic mass is 9.87. The number of ether oxygens (including phenoxy) is 1. The largest absolute Gasteiger partial charge is 0.379 e. The van der Waals surface area contributed by atoms with E-state index in [2.05, 4.69) is 25.9 Å². The van der Waals surface area contributed by atoms with Crippen LogP contribution in [0, 0.1) is 0 Å². The normalized spacial score (nSPS) is 16.0. The summed E-state index contributed by atoms with van der Waals surface area (Å²) < 4.78 is 31.8. The van der Waals surface area contributed by atoms with Crippen LogP contribution in [0.4, 0.5) is 0 Å². The van der Waals surface area contributed by atoms with Gasteiger partial charge in [0.25, 0.3) is 0 Å². The van der Waals surface area contributed by atoms with Gasteiger partial charge in [0.05, 0.1) is 29.9 Å². The number of benzene rings is 2. The highest BCUT2D eigenvalue weighted by atomic mass is 32.2. The molecule has 0 saturated carbocycles. The lowest BCUT2D eigenvalue weighted by Gasteiger charge is -2.26. The summed E-state index contributed by atoms with van der Waals surface area (Å²) in [6.07, 6.45) is 1.46. The lowest BCUT2D eigenvalue weighted by molar-refractivity contribution is 0.0519. The topological polar surface area (TPSA) is 85.3 Å². The molecule has 8 heteroatoms. The summed E-state index contributed by atoms with van der Waals surface area (Å²) in [5.41, 5.74) is 2.28. The number of carbonyl (C=O) groups is 1. The molecule has 0 bridgehead atoms. The van der Waals surface area contributed by atoms with Crippen LogP contribution in [0.1, 0.15) is 42.3 Å². The Morgan fingerprint density at radius 1 is 1.03 bits per heavy atom. The van der Waals surface area contributed by atoms with Crippen LogP contribution in [-0.4, -0.2) is 51.2 Å². The first kappa shape index (κ1) is 22.1. The molecule has 1 fully saturated rings. The Bertz CT molecular complexity index is 1000. The fraction of sp³-hybridized carbons (Fsp3) is 0.364. The Labute approximate surface area is 177 Å². The van der Waals surface area contributed by atoms with Crippen LogP contribution >= 0.6 is 0 Å². The van der Waals surface area contributed by atoms with Gasteiger partial charge in [0, 0.05) is 13.1 Å². The number of nitrogens with zero attached hydrogens (tertiary/aromatic N) is 2. The molecule has 30 heavy (non-hydrogen) atoms. The number of hydrogen-bond acceptors (Lipinski definition) is 6. The molecule has 0 unspecified atom stereocenters. The average molecular weight is 431 g/mol. The summed E-state index contributed by atoms with van der Waals surface area (Å²) >= 11 is 0. The Balaban J connectivity index is 1.61. The van der Waals surface area contributed by atoms with Crippen molar-refractivity contribution in [2.45, 2.75) is 31.1 Å². The maximum absolute atomic E-state index is 12.6. The van der Waals surface area contributed by atoms with Crippen molar-refractivity contribution in [1.82, 2.24) is 4.31 Å². The first-order chi connectivity index (χ1) is 14.2. The van der Waals surface area contributed by atoms with Crippen LogP contribution < -0.4 is 0 Å². The Kier molecular flexibility index (Phi) is 6.70. The third-order valence-corrected chi connectivity index (χ3v) is 6.72. The monoisotopic (exact) mass is 430 g/mol. The van der Waals surface area contributed by atoms with E-state index < -0.39 is 16.0 Å². The second-order valence-corrected chi connectivity index (χ2v) is 9.96. The minimum absolute atomic E-state index is 0.0591. The fourth-order valence-electron chi connectivity index (χ4n) is 2.96. The second-order valence-electron chi connectivity index (χ2n) is 8.03. The standard InChI is InChI=1S/C22H26N2O5S/c1-22(2,3)19-8-4-17(5-9-19)16-23-29-21(25)18-6-10-20(11-7-18)30(26,27)24-12-14-28-15-13-24/h4-11,16H,12-15H2,1-3H3. The van der Waals surface area contributed by atoms with Crippen molar-refractivity contribution in [1.29, 1.82) is 0 Å². The molecule has 1 aliphatic rings. The van der Waals surface area contributed by atoms with Crippen molar-refractivity contribution in [3.05, 3.63) is 65.2 Å². The highest BCUT2D eigenvalue weighted by molar-refractivity contribution is 7.89. The van der Waals surface area contributed by atoms with Crippen LogP contribution in [0.5, 0.6) is 0 Å². The molecule has 1 saturated heterocycles. The Morgan fingerprint density at radius 2 is 1.63 bits per heavy atom. The first-order valence-corrected chi connectivity index (χ1v) is 11.2. The van der Waals surface area contributed by atoms with Crippen LogP contribution in [0.25, 0.3) is 0 Å². The van der Waals surface area contributed by atoms with Gasteiger partial charge in [-0.05, 0) is 40.8 Å². The fourth-order valence-corrected chi connectivity index (χ4v) is 4.36. The van der Waals surface area contributed by atoms with E-state index in [9.17, 15) is 13.2 Å². The molecular formula is C22H26N2O5S. The third-order valence-electron chi connectivity index (χ3n) is 4.81. The molecule has 2 aromatic rings. The number of morpholine rings is 1. The molecule has 0 spiro atoms. The third kappa shape index (κ3) is 5.33. The first-order valence-electron chi connectivity index (χ1n) is 9.71. The van der Waals surface area contributed by atoms with Gasteiger partial charge < -0.3 is 9.57 Å². The van der Waals surface area contributed by atoms with Crippen LogP contribution in [0.15, 0.2) is 58.6 Å². The molecule has 0 radical (unpaired) electrons. The van der Waals surface area contributed by atoms with E-state index >= 15 is 0 Å². The molecule has 1 aliphatic heterocycles. The summed E-state index contributed by atoms with van der Waals surface area (Å²) in [5, 5.41) is 3.74. The van der Waals surface area contributed by atoms with E-state index in [1.165, 1.54) is 40.3 Å². The van der Waals surface area contributed by atoms with Crippen molar-refractivity contribution in [3.8, 4) is 0 Å². The maximum Gasteiger partial charge on any atom is 0.365 e. The molecule has 2 aromatic carbocycles. The molecule has 3 rings (SSSR count). The summed E-state index contributed by atoms with van der Waals surface area (Å²) in [6, 6.07) is 13.5. The molecule has 0 aliphatic carbocycles. The van der Waals surface area contributed by atoms with Crippen LogP contribution in [-0.2, 0) is 25.0 Å². The summed E-state index contributed by atoms with van der Waals surface area (Å²) in [5.74, 6) is -0.659. The van der Waals surface area contributed by atoms with Gasteiger partial charge in [-0.15, -0.1) is 0 Å². The number of hydrogen-bond donors (Lipinski definition) is 0. The summed E-state index contributed by atoms with van der Waals surface area (Å²) in [6.45, 7) is 7.79. The molecule has 160 valence electrons. The molecule has 0 aromatic heterocycles. The van der Waals surface area contributed by atoms with E-state index in [1.54, 1.807) is 0 Å². The van der Waals surface area contributed by atoms with Gasteiger partial charge in [-0.2, -0.15) is 4.31 Å². The molecule has 1 heterocycles. The maximum atomic E-state index is 12.6. The van der Waals surface area contributed by atoms with Crippen LogP contribution in [0.3, 0.4) is 0 Å². The van der Waals surface area contributed by atoms with Gasteiger partial charge in [0.1, 0.15) is 0 Å². The minimum atomic E-state index is -3.60. The number of rotatable bonds is 5. The van der Waals surface area contributed by atoms with Gasteiger partial charge in [-0.25, -0.2) is 13.2 Å². The number of carbonyl (C=O) groups excluding carboxylic acids is 1. The van der Waals surface area contributed by atoms with E-state index in [4.69, 9.17) is 9.57 Å². The van der Waals surface area contributed by atoms with Crippen LogP contribution in [0.2, 0.25) is 0 Å². The van der Waals surface area contributed by atoms with E-state index in [0.29, 0.717) is 26.3 Å². The van der Waals surface area contributed by atoms with Crippen molar-refractivity contribution in [3.63, 3.8) is 0 Å². The number of sulfonamides is 1. The highest BCUT2D eigenvalue weighted by Gasteiger charge is 2.26. The smallest absolute Gasteiger partial charge is 0.365 e. The summed E-state index contributed by atoms with van der Waals surface area (Å²) in [4.78, 5) is 17.2. The predicted octanol–water partition coefficient (Wildman–Crippen LogP) is 3.20. The minimum Gasteiger partial charge on any atom is -0.379 e. The van der Waals surface area contributed by atoms with Gasteiger partial charge in [-0.1, -0.05) is 50.2 Å². The molecular weight excluding hydrogens is 404 g/mol. The SMILES string of the molecule is CC(C)(C)c1ccc(C=NOC(=O)c2ccc(S(=O)(=O)N3CCOCC3)cc2)cc1. The highest BCUT2D eigenvalue weighted by Crippen LogP contribution is 2.22. The number of oxime groups is 1. The van der Waals surface area contributed by atoms with E-state index in [1.807, 2.05) is 24.3 Å². The molecule has 0 amide bonds. The van der Waals surface area contributed by atoms with E-state index in [0.717, 1.165) is 5.56 Å². The average Bonchev–Trinajstić information content (AvgIpc) is 2.74. The molecule has 0 atom stereocenters. The van der Waals surface area contributed by atoms with Crippen molar-refractivity contribution >= 4 is 22.2 Å². The summed E-state index contributed by atoms with van der Waals surface area (Å²) in [7, 11) is -3.60. The zero-order valence-electron chi connectivity index (χ0n) is 17.4. The van der Waals surface area contributed by atoms with E-state index in [-0.39, 0.29) is 15.9 Å². The lowest BCUT2D eigenvalue weighted by Crippen LogP contribution is -2.40. The predicted molar refractivity (Wildman–Crippen MR) is 114 cm³/mol. The van der Waals surface area contributed by atoms with Gasteiger partial charge >= 0.3 is 5.97 Å². The van der Waals surface area contributed by atoms with Gasteiger partial charge in [-0.3, -0.25) is 0 Å².